The Kier molecular flexibility index (Phi) is 3.12. The highest BCUT2D eigenvalue weighted by atomic mass is 15.5. The van der Waals surface area contributed by atoms with Gasteiger partial charge in [-0.1, -0.05) is 12.1 Å². The summed E-state index contributed by atoms with van der Waals surface area (Å²) in [5, 5.41) is 12.4. The maximum atomic E-state index is 5.76. The molecule has 0 spiro atoms. The molecule has 2 aromatic heterocycles. The van der Waals surface area contributed by atoms with Crippen molar-refractivity contribution in [3.05, 3.63) is 23.1 Å². The molecule has 0 aliphatic carbocycles. The molecular formula is C11H18N6. The van der Waals surface area contributed by atoms with Gasteiger partial charge in [0.2, 0.25) is 0 Å². The molecule has 2 N–H and O–H groups in total. The van der Waals surface area contributed by atoms with E-state index in [0.717, 1.165) is 30.0 Å². The Hall–Kier alpha value is -1.85. The van der Waals surface area contributed by atoms with Crippen molar-refractivity contribution in [3.63, 3.8) is 0 Å². The first-order valence-corrected chi connectivity index (χ1v) is 5.86. The molecule has 2 rings (SSSR count). The second-order valence-electron chi connectivity index (χ2n) is 4.03. The van der Waals surface area contributed by atoms with Crippen molar-refractivity contribution >= 4 is 5.82 Å². The number of rotatable bonds is 4. The van der Waals surface area contributed by atoms with E-state index in [1.165, 1.54) is 0 Å². The zero-order chi connectivity index (χ0) is 12.4. The molecule has 0 fully saturated rings. The number of nitrogen functional groups attached to an aromatic ring is 1. The molecule has 0 unspecified atom stereocenters. The number of aryl methyl sites for hydroxylation is 2. The number of aromatic nitrogens is 5. The predicted molar refractivity (Wildman–Crippen MR) is 65.6 cm³/mol. The molecule has 0 aliphatic rings. The summed E-state index contributed by atoms with van der Waals surface area (Å²) in [4.78, 5) is 0. The molecule has 0 amide bonds. The molecule has 6 nitrogen and oxygen atoms in total. The largest absolute Gasteiger partial charge is 0.381 e. The minimum absolute atomic E-state index is 0.520. The fourth-order valence-electron chi connectivity index (χ4n) is 1.99. The first-order chi connectivity index (χ1) is 8.15. The van der Waals surface area contributed by atoms with Gasteiger partial charge in [-0.3, -0.25) is 4.68 Å². The molecule has 0 aliphatic heterocycles. The van der Waals surface area contributed by atoms with E-state index in [9.17, 15) is 0 Å². The van der Waals surface area contributed by atoms with Gasteiger partial charge >= 0.3 is 0 Å². The lowest BCUT2D eigenvalue weighted by molar-refractivity contribution is 0.553. The topological polar surface area (TPSA) is 74.6 Å². The quantitative estimate of drug-likeness (QED) is 0.856. The van der Waals surface area contributed by atoms with Crippen LogP contribution in [0.15, 0.2) is 6.07 Å². The molecule has 0 atom stereocenters. The summed E-state index contributed by atoms with van der Waals surface area (Å²) in [5.41, 5.74) is 8.89. The average molecular weight is 234 g/mol. The lowest BCUT2D eigenvalue weighted by Gasteiger charge is -2.06. The van der Waals surface area contributed by atoms with E-state index < -0.39 is 0 Å². The van der Waals surface area contributed by atoms with Crippen LogP contribution in [0.4, 0.5) is 5.82 Å². The summed E-state index contributed by atoms with van der Waals surface area (Å²) in [6.07, 6.45) is 0.831. The van der Waals surface area contributed by atoms with E-state index in [-0.39, 0.29) is 0 Å². The van der Waals surface area contributed by atoms with Gasteiger partial charge in [-0.2, -0.15) is 5.10 Å². The highest BCUT2D eigenvalue weighted by Gasteiger charge is 2.11. The summed E-state index contributed by atoms with van der Waals surface area (Å²) >= 11 is 0. The Morgan fingerprint density at radius 1 is 1.29 bits per heavy atom. The molecule has 92 valence electrons. The molecule has 2 heterocycles. The maximum absolute atomic E-state index is 5.76. The van der Waals surface area contributed by atoms with E-state index in [4.69, 9.17) is 5.73 Å². The third-order valence-corrected chi connectivity index (χ3v) is 2.80. The smallest absolute Gasteiger partial charge is 0.169 e. The van der Waals surface area contributed by atoms with E-state index in [1.54, 1.807) is 0 Å². The molecular weight excluding hydrogens is 216 g/mol. The molecule has 6 heteroatoms. The Labute approximate surface area is 100 Å². The lowest BCUT2D eigenvalue weighted by atomic mass is 10.3. The van der Waals surface area contributed by atoms with Crippen molar-refractivity contribution in [1.29, 1.82) is 0 Å². The molecule has 0 saturated carbocycles. The first kappa shape index (κ1) is 11.6. The van der Waals surface area contributed by atoms with Gasteiger partial charge in [0.1, 0.15) is 0 Å². The number of nitrogens with zero attached hydrogens (tertiary/aromatic N) is 5. The van der Waals surface area contributed by atoms with E-state index in [1.807, 2.05) is 23.2 Å². The minimum Gasteiger partial charge on any atom is -0.381 e. The van der Waals surface area contributed by atoms with Gasteiger partial charge in [-0.05, 0) is 26.3 Å². The highest BCUT2D eigenvalue weighted by Crippen LogP contribution is 2.12. The van der Waals surface area contributed by atoms with Crippen molar-refractivity contribution < 1.29 is 0 Å². The monoisotopic (exact) mass is 234 g/mol. The van der Waals surface area contributed by atoms with Crippen molar-refractivity contribution in [3.8, 4) is 0 Å². The molecule has 0 bridgehead atoms. The van der Waals surface area contributed by atoms with E-state index in [2.05, 4.69) is 28.4 Å². The summed E-state index contributed by atoms with van der Waals surface area (Å²) in [6, 6.07) is 2.07. The fraction of sp³-hybridized carbons (Fsp3) is 0.545. The Morgan fingerprint density at radius 3 is 2.71 bits per heavy atom. The molecule has 0 aromatic carbocycles. The van der Waals surface area contributed by atoms with Crippen LogP contribution in [0, 0.1) is 6.92 Å². The third kappa shape index (κ3) is 2.15. The zero-order valence-electron chi connectivity index (χ0n) is 10.5. The Bertz CT molecular complexity index is 510. The summed E-state index contributed by atoms with van der Waals surface area (Å²) < 4.78 is 3.82. The van der Waals surface area contributed by atoms with E-state index in [0.29, 0.717) is 12.4 Å². The molecule has 0 radical (unpaired) electrons. The van der Waals surface area contributed by atoms with E-state index >= 15 is 0 Å². The van der Waals surface area contributed by atoms with Crippen LogP contribution < -0.4 is 5.73 Å². The third-order valence-electron chi connectivity index (χ3n) is 2.80. The van der Waals surface area contributed by atoms with Gasteiger partial charge in [0.05, 0.1) is 23.6 Å². The van der Waals surface area contributed by atoms with Crippen molar-refractivity contribution in [2.24, 2.45) is 0 Å². The number of nitrogens with two attached hydrogens (primary N) is 1. The van der Waals surface area contributed by atoms with Crippen LogP contribution in [0.3, 0.4) is 0 Å². The summed E-state index contributed by atoms with van der Waals surface area (Å²) in [5.74, 6) is 0.520. The minimum atomic E-state index is 0.520. The summed E-state index contributed by atoms with van der Waals surface area (Å²) in [7, 11) is 0. The highest BCUT2D eigenvalue weighted by molar-refractivity contribution is 5.33. The van der Waals surface area contributed by atoms with Gasteiger partial charge < -0.3 is 5.73 Å². The standard InChI is InChI=1S/C11H18N6/c1-4-10-11(12)13-15-17(10)7-9-6-8(3)14-16(9)5-2/h6H,4-5,7,12H2,1-3H3. The second kappa shape index (κ2) is 4.57. The maximum Gasteiger partial charge on any atom is 0.169 e. The van der Waals surface area contributed by atoms with Gasteiger partial charge in [0.25, 0.3) is 0 Å². The van der Waals surface area contributed by atoms with Crippen LogP contribution in [-0.2, 0) is 19.5 Å². The lowest BCUT2D eigenvalue weighted by Crippen LogP contribution is -2.11. The molecule has 0 saturated heterocycles. The number of anilines is 1. The van der Waals surface area contributed by atoms with Crippen LogP contribution in [0.1, 0.15) is 30.9 Å². The Morgan fingerprint density at radius 2 is 2.06 bits per heavy atom. The predicted octanol–water partition coefficient (Wildman–Crippen LogP) is 0.996. The van der Waals surface area contributed by atoms with Crippen LogP contribution in [-0.4, -0.2) is 24.8 Å². The molecule has 2 aromatic rings. The Balaban J connectivity index is 2.30. The zero-order valence-corrected chi connectivity index (χ0v) is 10.5. The van der Waals surface area contributed by atoms with Crippen molar-refractivity contribution in [2.75, 3.05) is 5.73 Å². The number of hydrogen-bond donors (Lipinski definition) is 1. The van der Waals surface area contributed by atoms with Gasteiger partial charge in [-0.25, -0.2) is 4.68 Å². The fourth-order valence-corrected chi connectivity index (χ4v) is 1.99. The van der Waals surface area contributed by atoms with Crippen LogP contribution >= 0.6 is 0 Å². The SMILES string of the molecule is CCc1c(N)nnn1Cc1cc(C)nn1CC. The van der Waals surface area contributed by atoms with Gasteiger partial charge in [-0.15, -0.1) is 5.10 Å². The second-order valence-corrected chi connectivity index (χ2v) is 4.03. The first-order valence-electron chi connectivity index (χ1n) is 5.86. The molecule has 17 heavy (non-hydrogen) atoms. The van der Waals surface area contributed by atoms with Crippen LogP contribution in [0.5, 0.6) is 0 Å². The van der Waals surface area contributed by atoms with Gasteiger partial charge in [0.15, 0.2) is 5.82 Å². The number of hydrogen-bond acceptors (Lipinski definition) is 4. The van der Waals surface area contributed by atoms with Crippen LogP contribution in [0.25, 0.3) is 0 Å². The summed E-state index contributed by atoms with van der Waals surface area (Å²) in [6.45, 7) is 7.64. The van der Waals surface area contributed by atoms with Crippen LogP contribution in [0.2, 0.25) is 0 Å². The van der Waals surface area contributed by atoms with Crippen molar-refractivity contribution in [2.45, 2.75) is 40.3 Å². The van der Waals surface area contributed by atoms with Crippen molar-refractivity contribution in [1.82, 2.24) is 24.8 Å². The van der Waals surface area contributed by atoms with Gasteiger partial charge in [0, 0.05) is 6.54 Å². The normalized spacial score (nSPS) is 11.0. The average Bonchev–Trinajstić information content (AvgIpc) is 2.83.